The van der Waals surface area contributed by atoms with Gasteiger partial charge < -0.3 is 4.57 Å². The minimum atomic E-state index is 0.122. The van der Waals surface area contributed by atoms with Crippen LogP contribution in [0.15, 0.2) is 12.3 Å². The molecule has 0 amide bonds. The fourth-order valence-electron chi connectivity index (χ4n) is 2.57. The molecule has 0 aromatic carbocycles. The normalized spacial score (nSPS) is 18.9. The van der Waals surface area contributed by atoms with Crippen LogP contribution in [0, 0.1) is 11.3 Å². The lowest BCUT2D eigenvalue weighted by molar-refractivity contribution is 0.0909. The Kier molecular flexibility index (Phi) is 2.69. The van der Waals surface area contributed by atoms with Gasteiger partial charge in [0.25, 0.3) is 0 Å². The highest BCUT2D eigenvalue weighted by Gasteiger charge is 2.32. The van der Waals surface area contributed by atoms with E-state index in [0.29, 0.717) is 18.1 Å². The van der Waals surface area contributed by atoms with Gasteiger partial charge in [-0.05, 0) is 23.8 Å². The molecule has 0 saturated carbocycles. The maximum atomic E-state index is 12.0. The molecule has 0 saturated heterocycles. The third-order valence-corrected chi connectivity index (χ3v) is 3.23. The number of ketones is 1. The standard InChI is InChI=1S/C14H21NO/c1-10(2)9-15-6-5-11-12(15)7-14(3,4)8-13(11)16/h5-6,10H,7-9H2,1-4H3. The highest BCUT2D eigenvalue weighted by Crippen LogP contribution is 2.35. The van der Waals surface area contributed by atoms with Crippen molar-refractivity contribution in [1.82, 2.24) is 4.57 Å². The monoisotopic (exact) mass is 219 g/mol. The van der Waals surface area contributed by atoms with E-state index < -0.39 is 0 Å². The summed E-state index contributed by atoms with van der Waals surface area (Å²) in [6.45, 7) is 9.80. The van der Waals surface area contributed by atoms with Crippen LogP contribution < -0.4 is 0 Å². The lowest BCUT2D eigenvalue weighted by atomic mass is 9.76. The third-order valence-electron chi connectivity index (χ3n) is 3.23. The molecule has 0 bridgehead atoms. The molecule has 16 heavy (non-hydrogen) atoms. The summed E-state index contributed by atoms with van der Waals surface area (Å²) in [4.78, 5) is 12.0. The van der Waals surface area contributed by atoms with Crippen LogP contribution in [0.5, 0.6) is 0 Å². The molecular weight excluding hydrogens is 198 g/mol. The van der Waals surface area contributed by atoms with Crippen molar-refractivity contribution in [3.63, 3.8) is 0 Å². The van der Waals surface area contributed by atoms with Crippen molar-refractivity contribution in [1.29, 1.82) is 0 Å². The van der Waals surface area contributed by atoms with Crippen LogP contribution in [0.25, 0.3) is 0 Å². The molecule has 0 aliphatic heterocycles. The quantitative estimate of drug-likeness (QED) is 0.748. The molecule has 1 aliphatic carbocycles. The van der Waals surface area contributed by atoms with Crippen LogP contribution in [0.4, 0.5) is 0 Å². The first kappa shape index (κ1) is 11.4. The summed E-state index contributed by atoms with van der Waals surface area (Å²) in [6.07, 6.45) is 3.78. The largest absolute Gasteiger partial charge is 0.350 e. The molecule has 0 N–H and O–H groups in total. The van der Waals surface area contributed by atoms with Gasteiger partial charge in [-0.25, -0.2) is 0 Å². The van der Waals surface area contributed by atoms with Crippen molar-refractivity contribution in [2.24, 2.45) is 11.3 Å². The van der Waals surface area contributed by atoms with E-state index in [1.54, 1.807) is 0 Å². The van der Waals surface area contributed by atoms with Gasteiger partial charge in [0.05, 0.1) is 0 Å². The second-order valence-electron chi connectivity index (χ2n) is 6.16. The van der Waals surface area contributed by atoms with E-state index in [4.69, 9.17) is 0 Å². The SMILES string of the molecule is CC(C)Cn1ccc2c1CC(C)(C)CC2=O. The maximum absolute atomic E-state index is 12.0. The van der Waals surface area contributed by atoms with E-state index in [0.717, 1.165) is 18.5 Å². The Balaban J connectivity index is 2.37. The summed E-state index contributed by atoms with van der Waals surface area (Å²) >= 11 is 0. The summed E-state index contributed by atoms with van der Waals surface area (Å²) in [6, 6.07) is 2.00. The van der Waals surface area contributed by atoms with Gasteiger partial charge in [-0.3, -0.25) is 4.79 Å². The smallest absolute Gasteiger partial charge is 0.165 e. The van der Waals surface area contributed by atoms with Crippen molar-refractivity contribution in [3.05, 3.63) is 23.5 Å². The van der Waals surface area contributed by atoms with E-state index >= 15 is 0 Å². The number of aromatic nitrogens is 1. The van der Waals surface area contributed by atoms with Crippen LogP contribution in [0.1, 0.15) is 50.2 Å². The Morgan fingerprint density at radius 2 is 2.06 bits per heavy atom. The number of hydrogen-bond donors (Lipinski definition) is 0. The van der Waals surface area contributed by atoms with Crippen LogP contribution in [-0.2, 0) is 13.0 Å². The Morgan fingerprint density at radius 3 is 2.69 bits per heavy atom. The first-order valence-electron chi connectivity index (χ1n) is 6.10. The van der Waals surface area contributed by atoms with Gasteiger partial charge in [0.1, 0.15) is 0 Å². The number of nitrogens with zero attached hydrogens (tertiary/aromatic N) is 1. The zero-order valence-corrected chi connectivity index (χ0v) is 10.7. The van der Waals surface area contributed by atoms with Gasteiger partial charge in [-0.2, -0.15) is 0 Å². The lowest BCUT2D eigenvalue weighted by Gasteiger charge is -2.30. The third kappa shape index (κ3) is 2.06. The number of fused-ring (bicyclic) bond motifs is 1. The van der Waals surface area contributed by atoms with E-state index in [2.05, 4.69) is 38.5 Å². The first-order valence-corrected chi connectivity index (χ1v) is 6.10. The van der Waals surface area contributed by atoms with Crippen LogP contribution >= 0.6 is 0 Å². The Labute approximate surface area is 97.7 Å². The lowest BCUT2D eigenvalue weighted by Crippen LogP contribution is -2.28. The van der Waals surface area contributed by atoms with Crippen molar-refractivity contribution in [2.45, 2.75) is 47.1 Å². The zero-order valence-electron chi connectivity index (χ0n) is 10.7. The van der Waals surface area contributed by atoms with Gasteiger partial charge in [-0.1, -0.05) is 27.7 Å². The van der Waals surface area contributed by atoms with Crippen molar-refractivity contribution >= 4 is 5.78 Å². The molecule has 1 aromatic heterocycles. The second kappa shape index (κ2) is 3.76. The van der Waals surface area contributed by atoms with E-state index in [-0.39, 0.29) is 5.41 Å². The Bertz CT molecular complexity index is 412. The molecule has 0 radical (unpaired) electrons. The Hall–Kier alpha value is -1.05. The average molecular weight is 219 g/mol. The molecule has 2 heteroatoms. The summed E-state index contributed by atoms with van der Waals surface area (Å²) < 4.78 is 2.26. The van der Waals surface area contributed by atoms with Gasteiger partial charge in [-0.15, -0.1) is 0 Å². The summed E-state index contributed by atoms with van der Waals surface area (Å²) in [7, 11) is 0. The van der Waals surface area contributed by atoms with Gasteiger partial charge >= 0.3 is 0 Å². The summed E-state index contributed by atoms with van der Waals surface area (Å²) in [5.41, 5.74) is 2.33. The minimum Gasteiger partial charge on any atom is -0.350 e. The molecule has 1 heterocycles. The topological polar surface area (TPSA) is 22.0 Å². The molecule has 0 atom stereocenters. The fourth-order valence-corrected chi connectivity index (χ4v) is 2.57. The molecule has 0 fully saturated rings. The number of carbonyl (C=O) groups is 1. The first-order chi connectivity index (χ1) is 7.39. The molecule has 2 nitrogen and oxygen atoms in total. The molecule has 1 aromatic rings. The van der Waals surface area contributed by atoms with Crippen molar-refractivity contribution < 1.29 is 4.79 Å². The highest BCUT2D eigenvalue weighted by atomic mass is 16.1. The molecular formula is C14H21NO. The molecule has 2 rings (SSSR count). The number of hydrogen-bond acceptors (Lipinski definition) is 1. The maximum Gasteiger partial charge on any atom is 0.165 e. The highest BCUT2D eigenvalue weighted by molar-refractivity contribution is 5.98. The number of Topliss-reactive ketones (excluding diaryl/α,β-unsaturated/α-hetero) is 1. The molecule has 0 unspecified atom stereocenters. The number of rotatable bonds is 2. The molecule has 1 aliphatic rings. The van der Waals surface area contributed by atoms with Gasteiger partial charge in [0.15, 0.2) is 5.78 Å². The number of carbonyl (C=O) groups excluding carboxylic acids is 1. The minimum absolute atomic E-state index is 0.122. The zero-order chi connectivity index (χ0) is 11.9. The fraction of sp³-hybridized carbons (Fsp3) is 0.643. The van der Waals surface area contributed by atoms with Gasteiger partial charge in [0, 0.05) is 30.4 Å². The van der Waals surface area contributed by atoms with Crippen LogP contribution in [0.2, 0.25) is 0 Å². The predicted octanol–water partition coefficient (Wildman–Crippen LogP) is 3.30. The summed E-state index contributed by atoms with van der Waals surface area (Å²) in [5, 5.41) is 0. The van der Waals surface area contributed by atoms with Crippen LogP contribution in [-0.4, -0.2) is 10.4 Å². The van der Waals surface area contributed by atoms with Gasteiger partial charge in [0.2, 0.25) is 0 Å². The van der Waals surface area contributed by atoms with E-state index in [9.17, 15) is 4.79 Å². The molecule has 0 spiro atoms. The second-order valence-corrected chi connectivity index (χ2v) is 6.16. The average Bonchev–Trinajstić information content (AvgIpc) is 2.45. The van der Waals surface area contributed by atoms with E-state index in [1.807, 2.05) is 6.07 Å². The van der Waals surface area contributed by atoms with E-state index in [1.165, 1.54) is 5.69 Å². The Morgan fingerprint density at radius 1 is 1.38 bits per heavy atom. The van der Waals surface area contributed by atoms with Crippen LogP contribution in [0.3, 0.4) is 0 Å². The molecule has 88 valence electrons. The summed E-state index contributed by atoms with van der Waals surface area (Å²) in [5.74, 6) is 0.936. The van der Waals surface area contributed by atoms with Crippen molar-refractivity contribution in [3.8, 4) is 0 Å². The van der Waals surface area contributed by atoms with Crippen molar-refractivity contribution in [2.75, 3.05) is 0 Å². The predicted molar refractivity (Wildman–Crippen MR) is 65.7 cm³/mol.